The third-order valence-corrected chi connectivity index (χ3v) is 3.97. The predicted molar refractivity (Wildman–Crippen MR) is 71.5 cm³/mol. The minimum absolute atomic E-state index is 0.00569. The van der Waals surface area contributed by atoms with E-state index in [0.717, 1.165) is 10.9 Å². The van der Waals surface area contributed by atoms with E-state index in [9.17, 15) is 4.79 Å². The fourth-order valence-corrected chi connectivity index (χ4v) is 1.85. The van der Waals surface area contributed by atoms with Crippen LogP contribution in [0.25, 0.3) is 0 Å². The van der Waals surface area contributed by atoms with Gasteiger partial charge in [0, 0.05) is 29.0 Å². The SMILES string of the molecule is Cc1ccc(C(=O)N(C)C(C)CBr)cc1Cl. The summed E-state index contributed by atoms with van der Waals surface area (Å²) in [5.74, 6) is -0.00569. The topological polar surface area (TPSA) is 20.3 Å². The van der Waals surface area contributed by atoms with Crippen molar-refractivity contribution in [3.05, 3.63) is 34.3 Å². The van der Waals surface area contributed by atoms with Crippen molar-refractivity contribution in [1.29, 1.82) is 0 Å². The monoisotopic (exact) mass is 303 g/mol. The van der Waals surface area contributed by atoms with Gasteiger partial charge in [-0.05, 0) is 31.5 Å². The highest BCUT2D eigenvalue weighted by molar-refractivity contribution is 9.09. The van der Waals surface area contributed by atoms with Crippen molar-refractivity contribution in [2.75, 3.05) is 12.4 Å². The Hall–Kier alpha value is -0.540. The molecule has 1 aromatic carbocycles. The van der Waals surface area contributed by atoms with E-state index in [2.05, 4.69) is 15.9 Å². The van der Waals surface area contributed by atoms with Crippen LogP contribution in [-0.2, 0) is 0 Å². The van der Waals surface area contributed by atoms with Crippen LogP contribution in [0.2, 0.25) is 5.02 Å². The number of hydrogen-bond donors (Lipinski definition) is 0. The molecule has 0 radical (unpaired) electrons. The van der Waals surface area contributed by atoms with Crippen molar-refractivity contribution in [3.63, 3.8) is 0 Å². The summed E-state index contributed by atoms with van der Waals surface area (Å²) in [6, 6.07) is 5.55. The molecule has 0 bridgehead atoms. The van der Waals surface area contributed by atoms with E-state index in [0.29, 0.717) is 10.6 Å². The average Bonchev–Trinajstić information content (AvgIpc) is 2.29. The van der Waals surface area contributed by atoms with Gasteiger partial charge in [0.1, 0.15) is 0 Å². The molecule has 1 amide bonds. The molecule has 0 aliphatic carbocycles. The highest BCUT2D eigenvalue weighted by atomic mass is 79.9. The van der Waals surface area contributed by atoms with E-state index in [-0.39, 0.29) is 11.9 Å². The molecule has 0 aromatic heterocycles. The number of amides is 1. The first kappa shape index (κ1) is 13.5. The standard InChI is InChI=1S/C12H15BrClNO/c1-8-4-5-10(6-11(8)14)12(16)15(3)9(2)7-13/h4-6,9H,7H2,1-3H3. The zero-order valence-corrected chi connectivity index (χ0v) is 12.0. The maximum atomic E-state index is 12.1. The van der Waals surface area contributed by atoms with Crippen LogP contribution in [0.3, 0.4) is 0 Å². The lowest BCUT2D eigenvalue weighted by Gasteiger charge is -2.23. The van der Waals surface area contributed by atoms with Crippen molar-refractivity contribution in [3.8, 4) is 0 Å². The molecule has 0 aliphatic heterocycles. The van der Waals surface area contributed by atoms with E-state index in [4.69, 9.17) is 11.6 Å². The predicted octanol–water partition coefficient (Wildman–Crippen LogP) is 3.50. The maximum Gasteiger partial charge on any atom is 0.253 e. The lowest BCUT2D eigenvalue weighted by atomic mass is 10.1. The second kappa shape index (κ2) is 5.69. The van der Waals surface area contributed by atoms with E-state index >= 15 is 0 Å². The summed E-state index contributed by atoms with van der Waals surface area (Å²) in [6.45, 7) is 3.91. The number of alkyl halides is 1. The van der Waals surface area contributed by atoms with E-state index in [1.165, 1.54) is 0 Å². The molecule has 1 atom stereocenters. The molecule has 0 saturated heterocycles. The van der Waals surface area contributed by atoms with Gasteiger partial charge >= 0.3 is 0 Å². The molecule has 0 aliphatic rings. The molecule has 1 rings (SSSR count). The Morgan fingerprint density at radius 3 is 2.69 bits per heavy atom. The first-order chi connectivity index (χ1) is 7.47. The van der Waals surface area contributed by atoms with Crippen LogP contribution in [0.15, 0.2) is 18.2 Å². The smallest absolute Gasteiger partial charge is 0.253 e. The molecule has 16 heavy (non-hydrogen) atoms. The lowest BCUT2D eigenvalue weighted by molar-refractivity contribution is 0.0758. The number of aryl methyl sites for hydroxylation is 1. The summed E-state index contributed by atoms with van der Waals surface area (Å²) in [7, 11) is 1.79. The van der Waals surface area contributed by atoms with E-state index < -0.39 is 0 Å². The zero-order valence-electron chi connectivity index (χ0n) is 9.63. The molecule has 0 heterocycles. The molecule has 0 N–H and O–H groups in total. The Kier molecular flexibility index (Phi) is 4.81. The quantitative estimate of drug-likeness (QED) is 0.783. The molecular weight excluding hydrogens is 289 g/mol. The fourth-order valence-electron chi connectivity index (χ4n) is 1.23. The number of carbonyl (C=O) groups is 1. The Morgan fingerprint density at radius 2 is 2.19 bits per heavy atom. The average molecular weight is 305 g/mol. The van der Waals surface area contributed by atoms with Gasteiger partial charge in [-0.15, -0.1) is 0 Å². The van der Waals surface area contributed by atoms with Crippen LogP contribution in [0.4, 0.5) is 0 Å². The van der Waals surface area contributed by atoms with Crippen LogP contribution < -0.4 is 0 Å². The van der Waals surface area contributed by atoms with Gasteiger partial charge in [0.2, 0.25) is 0 Å². The third kappa shape index (κ3) is 2.98. The summed E-state index contributed by atoms with van der Waals surface area (Å²) in [6.07, 6.45) is 0. The first-order valence-electron chi connectivity index (χ1n) is 5.06. The summed E-state index contributed by atoms with van der Waals surface area (Å²) in [5.41, 5.74) is 1.61. The summed E-state index contributed by atoms with van der Waals surface area (Å²) < 4.78 is 0. The van der Waals surface area contributed by atoms with Gasteiger partial charge < -0.3 is 4.90 Å². The second-order valence-corrected chi connectivity index (χ2v) is 4.94. The number of rotatable bonds is 3. The fraction of sp³-hybridized carbons (Fsp3) is 0.417. The third-order valence-electron chi connectivity index (χ3n) is 2.62. The van der Waals surface area contributed by atoms with Gasteiger partial charge in [-0.1, -0.05) is 33.6 Å². The second-order valence-electron chi connectivity index (χ2n) is 3.88. The van der Waals surface area contributed by atoms with Crippen LogP contribution in [0, 0.1) is 6.92 Å². The summed E-state index contributed by atoms with van der Waals surface area (Å²) >= 11 is 9.36. The van der Waals surface area contributed by atoms with Gasteiger partial charge in [0.05, 0.1) is 0 Å². The molecule has 1 aromatic rings. The van der Waals surface area contributed by atoms with Crippen molar-refractivity contribution < 1.29 is 4.79 Å². The Balaban J connectivity index is 2.92. The molecular formula is C12H15BrClNO. The van der Waals surface area contributed by atoms with Gasteiger partial charge in [-0.3, -0.25) is 4.79 Å². The van der Waals surface area contributed by atoms with Crippen LogP contribution >= 0.6 is 27.5 Å². The van der Waals surface area contributed by atoms with Crippen molar-refractivity contribution in [1.82, 2.24) is 4.90 Å². The minimum Gasteiger partial charge on any atom is -0.338 e. The number of nitrogens with zero attached hydrogens (tertiary/aromatic N) is 1. The van der Waals surface area contributed by atoms with Gasteiger partial charge in [-0.25, -0.2) is 0 Å². The Bertz CT molecular complexity index is 395. The molecule has 0 saturated carbocycles. The summed E-state index contributed by atoms with van der Waals surface area (Å²) in [4.78, 5) is 13.8. The maximum absolute atomic E-state index is 12.1. The van der Waals surface area contributed by atoms with Crippen molar-refractivity contribution in [2.45, 2.75) is 19.9 Å². The molecule has 1 unspecified atom stereocenters. The number of benzene rings is 1. The number of hydrogen-bond acceptors (Lipinski definition) is 1. The van der Waals surface area contributed by atoms with Gasteiger partial charge in [0.15, 0.2) is 0 Å². The highest BCUT2D eigenvalue weighted by Crippen LogP contribution is 2.18. The van der Waals surface area contributed by atoms with Crippen LogP contribution in [0.5, 0.6) is 0 Å². The minimum atomic E-state index is -0.00569. The van der Waals surface area contributed by atoms with Gasteiger partial charge in [-0.2, -0.15) is 0 Å². The normalized spacial score (nSPS) is 12.3. The molecule has 88 valence electrons. The highest BCUT2D eigenvalue weighted by Gasteiger charge is 2.16. The van der Waals surface area contributed by atoms with Crippen LogP contribution in [-0.4, -0.2) is 29.2 Å². The largest absolute Gasteiger partial charge is 0.338 e. The van der Waals surface area contributed by atoms with Crippen molar-refractivity contribution >= 4 is 33.4 Å². The van der Waals surface area contributed by atoms with Crippen LogP contribution in [0.1, 0.15) is 22.8 Å². The van der Waals surface area contributed by atoms with Gasteiger partial charge in [0.25, 0.3) is 5.91 Å². The number of halogens is 2. The number of carbonyl (C=O) groups excluding carboxylic acids is 1. The van der Waals surface area contributed by atoms with Crippen molar-refractivity contribution in [2.24, 2.45) is 0 Å². The Morgan fingerprint density at radius 1 is 1.56 bits per heavy atom. The Labute approximate surface area is 110 Å². The zero-order chi connectivity index (χ0) is 12.3. The molecule has 0 fully saturated rings. The lowest BCUT2D eigenvalue weighted by Crippen LogP contribution is -2.36. The van der Waals surface area contributed by atoms with E-state index in [1.807, 2.05) is 19.9 Å². The summed E-state index contributed by atoms with van der Waals surface area (Å²) in [5, 5.41) is 1.39. The molecule has 2 nitrogen and oxygen atoms in total. The molecule has 4 heteroatoms. The first-order valence-corrected chi connectivity index (χ1v) is 6.56. The molecule has 0 spiro atoms. The van der Waals surface area contributed by atoms with E-state index in [1.54, 1.807) is 24.1 Å².